The van der Waals surface area contributed by atoms with E-state index in [4.69, 9.17) is 4.74 Å². The molecule has 0 aliphatic carbocycles. The lowest BCUT2D eigenvalue weighted by atomic mass is 10.2. The number of hydrogen-bond acceptors (Lipinski definition) is 5. The van der Waals surface area contributed by atoms with Crippen LogP contribution in [-0.2, 0) is 27.1 Å². The van der Waals surface area contributed by atoms with E-state index in [0.29, 0.717) is 23.6 Å². The second-order valence-electron chi connectivity index (χ2n) is 5.22. The number of ether oxygens (including phenoxy) is 1. The lowest BCUT2D eigenvalue weighted by molar-refractivity contribution is -0.120. The first-order valence-corrected chi connectivity index (χ1v) is 9.50. The molecule has 0 aliphatic heterocycles. The largest absolute Gasteiger partial charge is 0.494 e. The van der Waals surface area contributed by atoms with Crippen molar-refractivity contribution < 1.29 is 17.9 Å². The molecule has 1 aromatic heterocycles. The van der Waals surface area contributed by atoms with Gasteiger partial charge in [-0.15, -0.1) is 0 Å². The summed E-state index contributed by atoms with van der Waals surface area (Å²) in [6, 6.07) is 12.3. The summed E-state index contributed by atoms with van der Waals surface area (Å²) < 4.78 is 32.1. The Hall–Kier alpha value is -2.45. The van der Waals surface area contributed by atoms with Gasteiger partial charge in [0.05, 0.1) is 31.1 Å². The molecule has 2 N–H and O–H groups in total. The molecule has 0 aliphatic rings. The van der Waals surface area contributed by atoms with Crippen molar-refractivity contribution in [1.82, 2.24) is 15.0 Å². The van der Waals surface area contributed by atoms with Gasteiger partial charge in [0.1, 0.15) is 5.75 Å². The lowest BCUT2D eigenvalue weighted by Gasteiger charge is -2.11. The predicted octanol–water partition coefficient (Wildman–Crippen LogP) is 1.22. The maximum Gasteiger partial charge on any atom is 0.235 e. The molecule has 0 unspecified atom stereocenters. The molecule has 0 atom stereocenters. The van der Waals surface area contributed by atoms with Crippen molar-refractivity contribution in [1.29, 1.82) is 0 Å². The maximum atomic E-state index is 12.2. The highest BCUT2D eigenvalue weighted by atomic mass is 32.2. The number of hydrogen-bond donors (Lipinski definition) is 2. The Labute approximate surface area is 147 Å². The van der Waals surface area contributed by atoms with E-state index in [1.54, 1.807) is 42.6 Å². The van der Waals surface area contributed by atoms with E-state index < -0.39 is 15.9 Å². The van der Waals surface area contributed by atoms with Gasteiger partial charge in [0.15, 0.2) is 0 Å². The van der Waals surface area contributed by atoms with E-state index in [1.165, 1.54) is 0 Å². The second kappa shape index (κ2) is 9.14. The summed E-state index contributed by atoms with van der Waals surface area (Å²) in [6.45, 7) is 2.19. The zero-order valence-electron chi connectivity index (χ0n) is 13.9. The summed E-state index contributed by atoms with van der Waals surface area (Å²) in [5.74, 6) is -0.154. The van der Waals surface area contributed by atoms with Crippen LogP contribution < -0.4 is 14.8 Å². The van der Waals surface area contributed by atoms with Gasteiger partial charge in [-0.3, -0.25) is 9.78 Å². The van der Waals surface area contributed by atoms with E-state index in [-0.39, 0.29) is 18.8 Å². The Morgan fingerprint density at radius 3 is 2.64 bits per heavy atom. The number of benzene rings is 1. The van der Waals surface area contributed by atoms with Crippen LogP contribution in [0, 0.1) is 0 Å². The van der Waals surface area contributed by atoms with Crippen molar-refractivity contribution in [2.75, 3.05) is 13.2 Å². The third-order valence-corrected chi connectivity index (χ3v) is 4.54. The van der Waals surface area contributed by atoms with Gasteiger partial charge in [0.2, 0.25) is 15.9 Å². The highest BCUT2D eigenvalue weighted by Gasteiger charge is 2.16. The number of nitrogens with zero attached hydrogens (tertiary/aromatic N) is 1. The van der Waals surface area contributed by atoms with E-state index >= 15 is 0 Å². The standard InChI is InChI=1S/C17H21N3O4S/c1-2-24-16-9-4-3-7-14(16)13-25(22,23)20-12-17(21)19-11-15-8-5-6-10-18-15/h3-10,20H,2,11-13H2,1H3,(H,19,21). The van der Waals surface area contributed by atoms with Gasteiger partial charge in [-0.1, -0.05) is 24.3 Å². The van der Waals surface area contributed by atoms with Crippen molar-refractivity contribution in [3.05, 3.63) is 59.9 Å². The fraction of sp³-hybridized carbons (Fsp3) is 0.294. The van der Waals surface area contributed by atoms with Crippen LogP contribution in [0.4, 0.5) is 0 Å². The molecular formula is C17H21N3O4S. The first-order chi connectivity index (χ1) is 12.0. The van der Waals surface area contributed by atoms with Crippen LogP contribution in [0.2, 0.25) is 0 Å². The van der Waals surface area contributed by atoms with E-state index in [1.807, 2.05) is 13.0 Å². The van der Waals surface area contributed by atoms with Gasteiger partial charge in [-0.25, -0.2) is 13.1 Å². The molecule has 1 amide bonds. The summed E-state index contributed by atoms with van der Waals surface area (Å²) in [6.07, 6.45) is 1.63. The summed E-state index contributed by atoms with van der Waals surface area (Å²) in [5.41, 5.74) is 1.25. The molecule has 7 nitrogen and oxygen atoms in total. The molecule has 2 aromatic rings. The molecular weight excluding hydrogens is 342 g/mol. The third kappa shape index (κ3) is 6.52. The minimum atomic E-state index is -3.66. The number of amides is 1. The normalized spacial score (nSPS) is 11.1. The number of aromatic nitrogens is 1. The van der Waals surface area contributed by atoms with Crippen LogP contribution in [0.15, 0.2) is 48.7 Å². The average Bonchev–Trinajstić information content (AvgIpc) is 2.61. The predicted molar refractivity (Wildman–Crippen MR) is 94.3 cm³/mol. The molecule has 8 heteroatoms. The zero-order valence-corrected chi connectivity index (χ0v) is 14.8. The van der Waals surface area contributed by atoms with Crippen molar-refractivity contribution in [2.24, 2.45) is 0 Å². The highest BCUT2D eigenvalue weighted by Crippen LogP contribution is 2.19. The van der Waals surface area contributed by atoms with E-state index in [0.717, 1.165) is 0 Å². The van der Waals surface area contributed by atoms with Crippen LogP contribution >= 0.6 is 0 Å². The number of carbonyl (C=O) groups is 1. The van der Waals surface area contributed by atoms with Crippen molar-refractivity contribution in [3.63, 3.8) is 0 Å². The van der Waals surface area contributed by atoms with Gasteiger partial charge < -0.3 is 10.1 Å². The summed E-state index contributed by atoms with van der Waals surface area (Å²) >= 11 is 0. The van der Waals surface area contributed by atoms with Gasteiger partial charge in [-0.2, -0.15) is 0 Å². The molecule has 25 heavy (non-hydrogen) atoms. The van der Waals surface area contributed by atoms with Crippen molar-refractivity contribution in [3.8, 4) is 5.75 Å². The van der Waals surface area contributed by atoms with Crippen LogP contribution in [0.5, 0.6) is 5.75 Å². The molecule has 134 valence electrons. The van der Waals surface area contributed by atoms with Crippen LogP contribution in [-0.4, -0.2) is 32.5 Å². The Morgan fingerprint density at radius 1 is 1.16 bits per heavy atom. The number of carbonyl (C=O) groups excluding carboxylic acids is 1. The smallest absolute Gasteiger partial charge is 0.235 e. The lowest BCUT2D eigenvalue weighted by Crippen LogP contribution is -2.37. The summed E-state index contributed by atoms with van der Waals surface area (Å²) in [4.78, 5) is 15.9. The SMILES string of the molecule is CCOc1ccccc1CS(=O)(=O)NCC(=O)NCc1ccccn1. The first-order valence-electron chi connectivity index (χ1n) is 7.85. The Balaban J connectivity index is 1.86. The van der Waals surface area contributed by atoms with Gasteiger partial charge >= 0.3 is 0 Å². The number of sulfonamides is 1. The number of rotatable bonds is 9. The van der Waals surface area contributed by atoms with E-state index in [9.17, 15) is 13.2 Å². The molecule has 0 fully saturated rings. The van der Waals surface area contributed by atoms with Crippen LogP contribution in [0.25, 0.3) is 0 Å². The zero-order chi connectivity index (χ0) is 18.1. The summed E-state index contributed by atoms with van der Waals surface area (Å²) in [7, 11) is -3.66. The molecule has 0 bridgehead atoms. The molecule has 2 rings (SSSR count). The monoisotopic (exact) mass is 363 g/mol. The molecule has 1 heterocycles. The van der Waals surface area contributed by atoms with Crippen molar-refractivity contribution >= 4 is 15.9 Å². The highest BCUT2D eigenvalue weighted by molar-refractivity contribution is 7.88. The van der Waals surface area contributed by atoms with Gasteiger partial charge in [0.25, 0.3) is 0 Å². The third-order valence-electron chi connectivity index (χ3n) is 3.26. The van der Waals surface area contributed by atoms with Crippen LogP contribution in [0.3, 0.4) is 0 Å². The number of nitrogens with one attached hydrogen (secondary N) is 2. The molecule has 0 spiro atoms. The quantitative estimate of drug-likeness (QED) is 0.698. The average molecular weight is 363 g/mol. The van der Waals surface area contributed by atoms with Gasteiger partial charge in [0, 0.05) is 11.8 Å². The van der Waals surface area contributed by atoms with Gasteiger partial charge in [-0.05, 0) is 25.1 Å². The minimum Gasteiger partial charge on any atom is -0.494 e. The molecule has 1 aromatic carbocycles. The maximum absolute atomic E-state index is 12.2. The first kappa shape index (κ1) is 18.9. The molecule has 0 saturated carbocycles. The van der Waals surface area contributed by atoms with Crippen LogP contribution in [0.1, 0.15) is 18.2 Å². The topological polar surface area (TPSA) is 97.4 Å². The fourth-order valence-electron chi connectivity index (χ4n) is 2.10. The second-order valence-corrected chi connectivity index (χ2v) is 7.03. The Morgan fingerprint density at radius 2 is 1.92 bits per heavy atom. The summed E-state index contributed by atoms with van der Waals surface area (Å²) in [5, 5.41) is 2.61. The van der Waals surface area contributed by atoms with Crippen molar-refractivity contribution in [2.45, 2.75) is 19.2 Å². The number of para-hydroxylation sites is 1. The Kier molecular flexibility index (Phi) is 6.91. The Bertz CT molecular complexity index is 795. The number of pyridine rings is 1. The fourth-order valence-corrected chi connectivity index (χ4v) is 3.21. The molecule has 0 radical (unpaired) electrons. The minimum absolute atomic E-state index is 0.245. The van der Waals surface area contributed by atoms with E-state index in [2.05, 4.69) is 15.0 Å². The molecule has 0 saturated heterocycles.